The number of aryl methyl sites for hydroxylation is 1. The molecule has 2 atom stereocenters. The molecule has 1 aliphatic heterocycles. The van der Waals surface area contributed by atoms with E-state index >= 15 is 0 Å². The molecule has 4 rings (SSSR count). The summed E-state index contributed by atoms with van der Waals surface area (Å²) in [5, 5.41) is 12.3. The monoisotopic (exact) mass is 564 g/mol. The van der Waals surface area contributed by atoms with Gasteiger partial charge in [0, 0.05) is 24.8 Å². The predicted molar refractivity (Wildman–Crippen MR) is 147 cm³/mol. The van der Waals surface area contributed by atoms with Crippen molar-refractivity contribution in [1.82, 2.24) is 20.1 Å². The number of hydrogen-bond donors (Lipinski definition) is 2. The lowest BCUT2D eigenvalue weighted by atomic mass is 10.0. The van der Waals surface area contributed by atoms with Crippen molar-refractivity contribution in [3.63, 3.8) is 0 Å². The molecule has 40 heavy (non-hydrogen) atoms. The first kappa shape index (κ1) is 28.6. The first-order valence-corrected chi connectivity index (χ1v) is 13.0. The van der Waals surface area contributed by atoms with Gasteiger partial charge in [-0.15, -0.1) is 0 Å². The van der Waals surface area contributed by atoms with Crippen molar-refractivity contribution in [2.75, 3.05) is 20.2 Å². The molecular weight excluding hydrogens is 536 g/mol. The van der Waals surface area contributed by atoms with Crippen LogP contribution in [-0.4, -0.2) is 69.9 Å². The summed E-state index contributed by atoms with van der Waals surface area (Å²) < 4.78 is 5.25. The summed E-state index contributed by atoms with van der Waals surface area (Å²) in [6.07, 6.45) is 0.0711. The number of carboxylic acid groups (broad SMARTS) is 1. The molecule has 0 saturated carbocycles. The van der Waals surface area contributed by atoms with Gasteiger partial charge in [0.15, 0.2) is 6.17 Å². The summed E-state index contributed by atoms with van der Waals surface area (Å²) in [5.41, 5.74) is 1.83. The van der Waals surface area contributed by atoms with E-state index in [-0.39, 0.29) is 29.4 Å². The number of aliphatic carboxylic acids is 1. The topological polar surface area (TPSA) is 129 Å². The molecule has 0 radical (unpaired) electrons. The van der Waals surface area contributed by atoms with Crippen LogP contribution in [0, 0.1) is 6.92 Å². The van der Waals surface area contributed by atoms with Crippen molar-refractivity contribution in [2.24, 2.45) is 0 Å². The molecule has 0 bridgehead atoms. The van der Waals surface area contributed by atoms with Crippen LogP contribution in [0.3, 0.4) is 0 Å². The SMILES string of the molecule is COc1cccc(C(=O)N2CCCN(C(=O)c3cccnc3Cl)C2C(=O)NC(CC(=O)O)c2cccc(C)c2)c1. The molecule has 2 unspecified atom stereocenters. The molecule has 3 amide bonds. The molecular formula is C29H29ClN4O6. The fourth-order valence-corrected chi connectivity index (χ4v) is 4.91. The van der Waals surface area contributed by atoms with Crippen LogP contribution in [0.15, 0.2) is 66.9 Å². The van der Waals surface area contributed by atoms with Gasteiger partial charge >= 0.3 is 5.97 Å². The molecule has 1 saturated heterocycles. The maximum atomic E-state index is 14.0. The second kappa shape index (κ2) is 12.6. The zero-order chi connectivity index (χ0) is 28.8. The number of carbonyl (C=O) groups excluding carboxylic acids is 3. The first-order valence-electron chi connectivity index (χ1n) is 12.6. The van der Waals surface area contributed by atoms with Gasteiger partial charge in [0.2, 0.25) is 0 Å². The minimum Gasteiger partial charge on any atom is -0.497 e. The van der Waals surface area contributed by atoms with Gasteiger partial charge in [0.25, 0.3) is 17.7 Å². The average molecular weight is 565 g/mol. The zero-order valence-corrected chi connectivity index (χ0v) is 22.8. The van der Waals surface area contributed by atoms with E-state index in [0.717, 1.165) is 5.56 Å². The Labute approximate surface area is 236 Å². The summed E-state index contributed by atoms with van der Waals surface area (Å²) in [4.78, 5) is 59.7. The fourth-order valence-electron chi connectivity index (χ4n) is 4.71. The third-order valence-electron chi connectivity index (χ3n) is 6.59. The van der Waals surface area contributed by atoms with E-state index in [2.05, 4.69) is 10.3 Å². The molecule has 1 fully saturated rings. The van der Waals surface area contributed by atoms with E-state index in [4.69, 9.17) is 16.3 Å². The van der Waals surface area contributed by atoms with Crippen LogP contribution >= 0.6 is 11.6 Å². The van der Waals surface area contributed by atoms with E-state index in [1.54, 1.807) is 48.5 Å². The number of nitrogens with zero attached hydrogens (tertiary/aromatic N) is 3. The second-order valence-electron chi connectivity index (χ2n) is 9.37. The first-order chi connectivity index (χ1) is 19.2. The number of hydrogen-bond acceptors (Lipinski definition) is 6. The van der Waals surface area contributed by atoms with Crippen LogP contribution in [0.4, 0.5) is 0 Å². The Balaban J connectivity index is 1.74. The summed E-state index contributed by atoms with van der Waals surface area (Å²) in [6.45, 7) is 2.21. The van der Waals surface area contributed by atoms with Crippen LogP contribution in [0.2, 0.25) is 5.15 Å². The molecule has 2 aromatic carbocycles. The molecule has 11 heteroatoms. The lowest BCUT2D eigenvalue weighted by Gasteiger charge is -2.43. The van der Waals surface area contributed by atoms with Gasteiger partial charge in [-0.3, -0.25) is 19.2 Å². The minimum atomic E-state index is -1.38. The molecule has 1 aromatic heterocycles. The number of carbonyl (C=O) groups is 4. The van der Waals surface area contributed by atoms with E-state index < -0.39 is 42.3 Å². The van der Waals surface area contributed by atoms with Gasteiger partial charge in [0.05, 0.1) is 25.1 Å². The van der Waals surface area contributed by atoms with Crippen LogP contribution in [0.25, 0.3) is 0 Å². The number of halogens is 1. The van der Waals surface area contributed by atoms with Crippen molar-refractivity contribution >= 4 is 35.3 Å². The van der Waals surface area contributed by atoms with Crippen LogP contribution in [0.1, 0.15) is 50.7 Å². The van der Waals surface area contributed by atoms with Gasteiger partial charge in [-0.05, 0) is 49.2 Å². The Morgan fingerprint density at radius 2 is 1.77 bits per heavy atom. The van der Waals surface area contributed by atoms with Crippen molar-refractivity contribution in [3.05, 3.63) is 94.3 Å². The number of aromatic nitrogens is 1. The number of methoxy groups -OCH3 is 1. The number of nitrogens with one attached hydrogen (secondary N) is 1. The highest BCUT2D eigenvalue weighted by atomic mass is 35.5. The summed E-state index contributed by atoms with van der Waals surface area (Å²) >= 11 is 6.21. The minimum absolute atomic E-state index is 0.0357. The van der Waals surface area contributed by atoms with E-state index in [1.165, 1.54) is 29.2 Å². The third-order valence-corrected chi connectivity index (χ3v) is 6.89. The number of pyridine rings is 1. The molecule has 2 heterocycles. The van der Waals surface area contributed by atoms with Gasteiger partial charge in [-0.25, -0.2) is 4.98 Å². The second-order valence-corrected chi connectivity index (χ2v) is 9.73. The highest BCUT2D eigenvalue weighted by Gasteiger charge is 2.42. The van der Waals surface area contributed by atoms with Gasteiger partial charge < -0.3 is 25.0 Å². The fraction of sp³-hybridized carbons (Fsp3) is 0.276. The Morgan fingerprint density at radius 3 is 2.45 bits per heavy atom. The zero-order valence-electron chi connectivity index (χ0n) is 22.0. The Kier molecular flexibility index (Phi) is 9.00. The largest absolute Gasteiger partial charge is 0.497 e. The average Bonchev–Trinajstić information content (AvgIpc) is 2.95. The maximum absolute atomic E-state index is 14.0. The standard InChI is InChI=1S/C29H29ClN4O6/c1-18-7-3-8-19(15-18)23(17-24(35)36)32-26(37)27-33(28(38)20-9-4-10-21(16-20)40-2)13-6-14-34(27)29(39)22-11-5-12-31-25(22)30/h3-5,7-12,15-16,23,27H,6,13-14,17H2,1-2H3,(H,32,37)(H,35,36). The summed E-state index contributed by atoms with van der Waals surface area (Å²) in [5.74, 6) is -2.42. The predicted octanol–water partition coefficient (Wildman–Crippen LogP) is 3.70. The Morgan fingerprint density at radius 1 is 1.05 bits per heavy atom. The number of rotatable bonds is 8. The summed E-state index contributed by atoms with van der Waals surface area (Å²) in [6, 6.07) is 15.8. The molecule has 1 aliphatic rings. The molecule has 208 valence electrons. The third kappa shape index (κ3) is 6.40. The van der Waals surface area contributed by atoms with E-state index in [9.17, 15) is 24.3 Å². The molecule has 10 nitrogen and oxygen atoms in total. The van der Waals surface area contributed by atoms with Crippen LogP contribution in [-0.2, 0) is 9.59 Å². The van der Waals surface area contributed by atoms with Crippen molar-refractivity contribution in [2.45, 2.75) is 32.0 Å². The highest BCUT2D eigenvalue weighted by molar-refractivity contribution is 6.32. The number of carboxylic acids is 1. The van der Waals surface area contributed by atoms with Gasteiger partial charge in [-0.2, -0.15) is 0 Å². The quantitative estimate of drug-likeness (QED) is 0.399. The van der Waals surface area contributed by atoms with Crippen molar-refractivity contribution < 1.29 is 29.0 Å². The lowest BCUT2D eigenvalue weighted by Crippen LogP contribution is -2.63. The van der Waals surface area contributed by atoms with Crippen LogP contribution < -0.4 is 10.1 Å². The number of benzene rings is 2. The Bertz CT molecular complexity index is 1430. The van der Waals surface area contributed by atoms with E-state index in [1.807, 2.05) is 13.0 Å². The van der Waals surface area contributed by atoms with Gasteiger partial charge in [-0.1, -0.05) is 47.5 Å². The van der Waals surface area contributed by atoms with Crippen molar-refractivity contribution in [1.29, 1.82) is 0 Å². The van der Waals surface area contributed by atoms with Gasteiger partial charge in [0.1, 0.15) is 10.9 Å². The summed E-state index contributed by atoms with van der Waals surface area (Å²) in [7, 11) is 1.48. The lowest BCUT2D eigenvalue weighted by molar-refractivity contribution is -0.138. The molecule has 0 aliphatic carbocycles. The van der Waals surface area contributed by atoms with E-state index in [0.29, 0.717) is 17.7 Å². The highest BCUT2D eigenvalue weighted by Crippen LogP contribution is 2.26. The maximum Gasteiger partial charge on any atom is 0.305 e. The number of ether oxygens (including phenoxy) is 1. The molecule has 3 aromatic rings. The number of amides is 3. The Hall–Kier alpha value is -4.44. The molecule has 0 spiro atoms. The smallest absolute Gasteiger partial charge is 0.305 e. The van der Waals surface area contributed by atoms with Crippen molar-refractivity contribution in [3.8, 4) is 5.75 Å². The normalized spacial score (nSPS) is 15.7. The van der Waals surface area contributed by atoms with Crippen LogP contribution in [0.5, 0.6) is 5.75 Å². The molecule has 2 N–H and O–H groups in total.